The summed E-state index contributed by atoms with van der Waals surface area (Å²) >= 11 is 0. The standard InChI is InChI=1S/C25H24N2O2/c1-3-29-25(2,24(28)27-18-20-11-9-19(17-26)10-12-20)23-15-13-22(14-16-23)21-7-5-4-6-8-21/h4-16H,3,18H2,1-2H3,(H,27,28)/t25-/m0/s1. The Morgan fingerprint density at radius 2 is 1.59 bits per heavy atom. The summed E-state index contributed by atoms with van der Waals surface area (Å²) in [6.45, 7) is 4.46. The van der Waals surface area contributed by atoms with Crippen molar-refractivity contribution in [3.63, 3.8) is 0 Å². The second-order valence-corrected chi connectivity index (χ2v) is 6.90. The Morgan fingerprint density at radius 1 is 0.966 bits per heavy atom. The van der Waals surface area contributed by atoms with Crippen LogP contribution in [-0.4, -0.2) is 12.5 Å². The molecular formula is C25H24N2O2. The number of carbonyl (C=O) groups is 1. The summed E-state index contributed by atoms with van der Waals surface area (Å²) in [5.74, 6) is -0.198. The van der Waals surface area contributed by atoms with E-state index in [0.29, 0.717) is 18.7 Å². The van der Waals surface area contributed by atoms with E-state index in [1.54, 1.807) is 19.1 Å². The third kappa shape index (κ3) is 4.71. The molecule has 0 saturated carbocycles. The highest BCUT2D eigenvalue weighted by Gasteiger charge is 2.35. The van der Waals surface area contributed by atoms with Gasteiger partial charge in [-0.05, 0) is 48.2 Å². The van der Waals surface area contributed by atoms with Gasteiger partial charge in [0.1, 0.15) is 0 Å². The molecule has 3 rings (SSSR count). The number of benzene rings is 3. The van der Waals surface area contributed by atoms with Crippen molar-refractivity contribution in [2.24, 2.45) is 0 Å². The number of amides is 1. The lowest BCUT2D eigenvalue weighted by Gasteiger charge is -2.29. The summed E-state index contributed by atoms with van der Waals surface area (Å²) in [6, 6.07) is 27.3. The predicted molar refractivity (Wildman–Crippen MR) is 114 cm³/mol. The smallest absolute Gasteiger partial charge is 0.256 e. The minimum absolute atomic E-state index is 0.198. The van der Waals surface area contributed by atoms with Crippen molar-refractivity contribution in [1.82, 2.24) is 5.32 Å². The van der Waals surface area contributed by atoms with E-state index in [9.17, 15) is 4.79 Å². The predicted octanol–water partition coefficient (Wildman–Crippen LogP) is 4.79. The molecule has 0 aliphatic carbocycles. The van der Waals surface area contributed by atoms with Crippen molar-refractivity contribution >= 4 is 5.91 Å². The minimum Gasteiger partial charge on any atom is -0.361 e. The summed E-state index contributed by atoms with van der Waals surface area (Å²) in [6.07, 6.45) is 0. The molecule has 0 aliphatic rings. The van der Waals surface area contributed by atoms with Gasteiger partial charge in [-0.2, -0.15) is 5.26 Å². The van der Waals surface area contributed by atoms with Crippen molar-refractivity contribution < 1.29 is 9.53 Å². The van der Waals surface area contributed by atoms with Gasteiger partial charge in [-0.15, -0.1) is 0 Å². The van der Waals surface area contributed by atoms with Crippen LogP contribution in [0.1, 0.15) is 30.5 Å². The summed E-state index contributed by atoms with van der Waals surface area (Å²) in [4.78, 5) is 13.0. The Kier molecular flexibility index (Phi) is 6.43. The molecule has 0 fully saturated rings. The molecule has 0 unspecified atom stereocenters. The SMILES string of the molecule is CCO[C@](C)(C(=O)NCc1ccc(C#N)cc1)c1ccc(-c2ccccc2)cc1. The zero-order valence-corrected chi connectivity index (χ0v) is 16.7. The fourth-order valence-corrected chi connectivity index (χ4v) is 3.23. The fourth-order valence-electron chi connectivity index (χ4n) is 3.23. The van der Waals surface area contributed by atoms with Crippen LogP contribution in [0.2, 0.25) is 0 Å². The van der Waals surface area contributed by atoms with E-state index in [4.69, 9.17) is 10.00 Å². The Morgan fingerprint density at radius 3 is 2.17 bits per heavy atom. The van der Waals surface area contributed by atoms with Gasteiger partial charge < -0.3 is 10.1 Å². The van der Waals surface area contributed by atoms with E-state index in [1.165, 1.54) is 0 Å². The third-order valence-corrected chi connectivity index (χ3v) is 4.95. The van der Waals surface area contributed by atoms with Gasteiger partial charge in [-0.25, -0.2) is 0 Å². The molecule has 3 aromatic rings. The number of hydrogen-bond donors (Lipinski definition) is 1. The average Bonchev–Trinajstić information content (AvgIpc) is 2.78. The van der Waals surface area contributed by atoms with E-state index >= 15 is 0 Å². The maximum atomic E-state index is 13.0. The van der Waals surface area contributed by atoms with Crippen LogP contribution >= 0.6 is 0 Å². The van der Waals surface area contributed by atoms with Gasteiger partial charge in [0.25, 0.3) is 5.91 Å². The molecular weight excluding hydrogens is 360 g/mol. The molecule has 0 aliphatic heterocycles. The van der Waals surface area contributed by atoms with Gasteiger partial charge in [-0.3, -0.25) is 4.79 Å². The number of rotatable bonds is 7. The van der Waals surface area contributed by atoms with Crippen LogP contribution in [-0.2, 0) is 21.7 Å². The van der Waals surface area contributed by atoms with Gasteiger partial charge in [0.15, 0.2) is 5.60 Å². The summed E-state index contributed by atoms with van der Waals surface area (Å²) in [5, 5.41) is 11.9. The maximum absolute atomic E-state index is 13.0. The van der Waals surface area contributed by atoms with Gasteiger partial charge in [-0.1, -0.05) is 66.7 Å². The molecule has 4 heteroatoms. The summed E-state index contributed by atoms with van der Waals surface area (Å²) < 4.78 is 5.89. The van der Waals surface area contributed by atoms with Crippen LogP contribution in [0.5, 0.6) is 0 Å². The van der Waals surface area contributed by atoms with Crippen LogP contribution < -0.4 is 5.32 Å². The molecule has 4 nitrogen and oxygen atoms in total. The minimum atomic E-state index is -1.09. The number of ether oxygens (including phenoxy) is 1. The van der Waals surface area contributed by atoms with Crippen molar-refractivity contribution in [2.45, 2.75) is 26.0 Å². The highest BCUT2D eigenvalue weighted by molar-refractivity contribution is 5.86. The normalized spacial score (nSPS) is 12.6. The van der Waals surface area contributed by atoms with Crippen LogP contribution in [0.15, 0.2) is 78.9 Å². The summed E-state index contributed by atoms with van der Waals surface area (Å²) in [5.41, 5.74) is 3.45. The Bertz CT molecular complexity index is 990. The number of carbonyl (C=O) groups excluding carboxylic acids is 1. The molecule has 0 spiro atoms. The van der Waals surface area contributed by atoms with Crippen molar-refractivity contribution in [3.8, 4) is 17.2 Å². The Balaban J connectivity index is 1.76. The molecule has 0 aromatic heterocycles. The molecule has 0 heterocycles. The lowest BCUT2D eigenvalue weighted by molar-refractivity contribution is -0.146. The van der Waals surface area contributed by atoms with Crippen LogP contribution in [0.3, 0.4) is 0 Å². The topological polar surface area (TPSA) is 62.1 Å². The first-order valence-corrected chi connectivity index (χ1v) is 9.64. The second kappa shape index (κ2) is 9.18. The molecule has 1 atom stereocenters. The van der Waals surface area contributed by atoms with E-state index in [0.717, 1.165) is 22.3 Å². The summed E-state index contributed by atoms with van der Waals surface area (Å²) in [7, 11) is 0. The quantitative estimate of drug-likeness (QED) is 0.637. The average molecular weight is 384 g/mol. The molecule has 0 radical (unpaired) electrons. The molecule has 1 N–H and O–H groups in total. The fraction of sp³-hybridized carbons (Fsp3) is 0.200. The van der Waals surface area contributed by atoms with Crippen LogP contribution in [0, 0.1) is 11.3 Å². The molecule has 29 heavy (non-hydrogen) atoms. The molecule has 146 valence electrons. The Hall–Kier alpha value is -3.42. The van der Waals surface area contributed by atoms with Crippen LogP contribution in [0.25, 0.3) is 11.1 Å². The van der Waals surface area contributed by atoms with Gasteiger partial charge in [0, 0.05) is 13.2 Å². The zero-order valence-electron chi connectivity index (χ0n) is 16.7. The lowest BCUT2D eigenvalue weighted by Crippen LogP contribution is -2.44. The maximum Gasteiger partial charge on any atom is 0.256 e. The van der Waals surface area contributed by atoms with E-state index in [-0.39, 0.29) is 5.91 Å². The van der Waals surface area contributed by atoms with Gasteiger partial charge >= 0.3 is 0 Å². The number of hydrogen-bond acceptors (Lipinski definition) is 3. The first kappa shape index (κ1) is 20.3. The number of nitrogens with one attached hydrogen (secondary N) is 1. The molecule has 1 amide bonds. The van der Waals surface area contributed by atoms with Gasteiger partial charge in [0.2, 0.25) is 0 Å². The highest BCUT2D eigenvalue weighted by Crippen LogP contribution is 2.28. The zero-order chi connectivity index (χ0) is 20.7. The molecule has 0 saturated heterocycles. The molecule has 0 bridgehead atoms. The van der Waals surface area contributed by atoms with Crippen molar-refractivity contribution in [3.05, 3.63) is 95.6 Å². The van der Waals surface area contributed by atoms with E-state index in [1.807, 2.05) is 61.5 Å². The van der Waals surface area contributed by atoms with Crippen LogP contribution in [0.4, 0.5) is 0 Å². The van der Waals surface area contributed by atoms with Crippen molar-refractivity contribution in [1.29, 1.82) is 5.26 Å². The van der Waals surface area contributed by atoms with Gasteiger partial charge in [0.05, 0.1) is 11.6 Å². The van der Waals surface area contributed by atoms with E-state index < -0.39 is 5.60 Å². The lowest BCUT2D eigenvalue weighted by atomic mass is 9.92. The third-order valence-electron chi connectivity index (χ3n) is 4.95. The van der Waals surface area contributed by atoms with E-state index in [2.05, 4.69) is 23.5 Å². The number of nitrogens with zero attached hydrogens (tertiary/aromatic N) is 1. The second-order valence-electron chi connectivity index (χ2n) is 6.90. The monoisotopic (exact) mass is 384 g/mol. The Labute approximate surface area is 171 Å². The molecule has 3 aromatic carbocycles. The highest BCUT2D eigenvalue weighted by atomic mass is 16.5. The first-order chi connectivity index (χ1) is 14.1. The first-order valence-electron chi connectivity index (χ1n) is 9.64. The number of nitriles is 1. The van der Waals surface area contributed by atoms with Crippen molar-refractivity contribution in [2.75, 3.05) is 6.61 Å². The largest absolute Gasteiger partial charge is 0.361 e.